The highest BCUT2D eigenvalue weighted by Gasteiger charge is 2.42. The summed E-state index contributed by atoms with van der Waals surface area (Å²) in [4.78, 5) is 40.5. The fourth-order valence-corrected chi connectivity index (χ4v) is 5.67. The molecule has 1 N–H and O–H groups in total. The summed E-state index contributed by atoms with van der Waals surface area (Å²) in [5, 5.41) is 9.04. The van der Waals surface area contributed by atoms with Gasteiger partial charge in [-0.2, -0.15) is 26.3 Å². The molecule has 0 saturated heterocycles. The Kier molecular flexibility index (Phi) is 10.1. The van der Waals surface area contributed by atoms with Crippen molar-refractivity contribution in [3.05, 3.63) is 75.9 Å². The molecule has 9 nitrogen and oxygen atoms in total. The Morgan fingerprint density at radius 3 is 2.11 bits per heavy atom. The number of hydrogen-bond acceptors (Lipinski definition) is 7. The monoisotopic (exact) mass is 653 g/mol. The molecule has 3 aromatic rings. The van der Waals surface area contributed by atoms with Gasteiger partial charge in [0.05, 0.1) is 35.2 Å². The van der Waals surface area contributed by atoms with Crippen molar-refractivity contribution in [2.24, 2.45) is 0 Å². The van der Waals surface area contributed by atoms with Crippen LogP contribution in [0.5, 0.6) is 0 Å². The van der Waals surface area contributed by atoms with Gasteiger partial charge in [0.15, 0.2) is 0 Å². The van der Waals surface area contributed by atoms with Crippen LogP contribution in [0.4, 0.5) is 42.8 Å². The molecular weight excluding hydrogens is 620 g/mol. The number of aromatic nitrogens is 3. The molecule has 2 atom stereocenters. The number of aryl methyl sites for hydroxylation is 3. The second-order valence-electron chi connectivity index (χ2n) is 11.0. The number of alkyl halides is 6. The van der Waals surface area contributed by atoms with E-state index >= 15 is 0 Å². The number of ether oxygens (including phenoxy) is 1. The number of amides is 1. The van der Waals surface area contributed by atoms with Crippen LogP contribution < -0.4 is 9.80 Å². The van der Waals surface area contributed by atoms with Crippen LogP contribution in [0.15, 0.2) is 36.7 Å². The predicted octanol–water partition coefficient (Wildman–Crippen LogP) is 7.44. The van der Waals surface area contributed by atoms with Crippen molar-refractivity contribution in [3.63, 3.8) is 0 Å². The third-order valence-corrected chi connectivity index (χ3v) is 7.67. The molecule has 0 aliphatic carbocycles. The van der Waals surface area contributed by atoms with Gasteiger partial charge < -0.3 is 14.7 Å². The van der Waals surface area contributed by atoms with Crippen molar-refractivity contribution >= 4 is 23.7 Å². The molecule has 2 unspecified atom stereocenters. The largest absolute Gasteiger partial charge is 0.481 e. The molecule has 0 fully saturated rings. The summed E-state index contributed by atoms with van der Waals surface area (Å²) in [6.07, 6.45) is -7.39. The van der Waals surface area contributed by atoms with E-state index in [4.69, 9.17) is 9.84 Å². The van der Waals surface area contributed by atoms with Crippen LogP contribution in [0.25, 0.3) is 0 Å². The van der Waals surface area contributed by atoms with Gasteiger partial charge in [-0.25, -0.2) is 14.8 Å². The average Bonchev–Trinajstić information content (AvgIpc) is 2.97. The van der Waals surface area contributed by atoms with Crippen LogP contribution in [0.1, 0.15) is 78.4 Å². The first-order valence-electron chi connectivity index (χ1n) is 14.5. The number of carbonyl (C=O) groups excluding carboxylic acids is 1. The third-order valence-electron chi connectivity index (χ3n) is 7.67. The van der Waals surface area contributed by atoms with Crippen molar-refractivity contribution in [1.29, 1.82) is 0 Å². The number of carboxylic acid groups (broad SMARTS) is 1. The highest BCUT2D eigenvalue weighted by Crippen LogP contribution is 2.45. The molecule has 2 aromatic heterocycles. The molecule has 0 radical (unpaired) electrons. The fraction of sp³-hybridized carbons (Fsp3) is 0.452. The predicted molar refractivity (Wildman–Crippen MR) is 155 cm³/mol. The summed E-state index contributed by atoms with van der Waals surface area (Å²) in [7, 11) is 0. The minimum absolute atomic E-state index is 0.00690. The lowest BCUT2D eigenvalue weighted by molar-refractivity contribution is -0.143. The van der Waals surface area contributed by atoms with Gasteiger partial charge in [-0.05, 0) is 75.4 Å². The van der Waals surface area contributed by atoms with E-state index in [2.05, 4.69) is 15.0 Å². The Morgan fingerprint density at radius 1 is 0.978 bits per heavy atom. The molecule has 4 rings (SSSR count). The van der Waals surface area contributed by atoms with E-state index in [-0.39, 0.29) is 43.4 Å². The van der Waals surface area contributed by atoms with Crippen LogP contribution in [0, 0.1) is 13.8 Å². The molecular formula is C31H33F6N5O4. The lowest BCUT2D eigenvalue weighted by Gasteiger charge is -2.44. The maximum absolute atomic E-state index is 13.8. The minimum atomic E-state index is -5.05. The van der Waals surface area contributed by atoms with Gasteiger partial charge >= 0.3 is 24.4 Å². The van der Waals surface area contributed by atoms with Crippen LogP contribution in [-0.2, 0) is 34.8 Å². The molecule has 1 aliphatic heterocycles. The smallest absolute Gasteiger partial charge is 0.416 e. The van der Waals surface area contributed by atoms with E-state index in [1.807, 2.05) is 6.92 Å². The van der Waals surface area contributed by atoms with Gasteiger partial charge in [0.25, 0.3) is 0 Å². The summed E-state index contributed by atoms with van der Waals surface area (Å²) in [6, 6.07) is 1.91. The maximum atomic E-state index is 13.8. The third kappa shape index (κ3) is 7.68. The Morgan fingerprint density at radius 2 is 1.59 bits per heavy atom. The summed E-state index contributed by atoms with van der Waals surface area (Å²) in [5.41, 5.74) is -0.698. The summed E-state index contributed by atoms with van der Waals surface area (Å²) < 4.78 is 88.1. The number of fused-ring (bicyclic) bond motifs is 1. The minimum Gasteiger partial charge on any atom is -0.481 e. The number of halogens is 6. The lowest BCUT2D eigenvalue weighted by atomic mass is 9.88. The van der Waals surface area contributed by atoms with Crippen LogP contribution in [0.2, 0.25) is 0 Å². The first-order valence-corrected chi connectivity index (χ1v) is 14.5. The normalized spacial score (nSPS) is 16.6. The first kappa shape index (κ1) is 34.4. The molecule has 46 heavy (non-hydrogen) atoms. The first-order chi connectivity index (χ1) is 21.5. The second-order valence-corrected chi connectivity index (χ2v) is 11.0. The molecule has 1 aliphatic rings. The number of benzene rings is 1. The van der Waals surface area contributed by atoms with E-state index in [0.29, 0.717) is 46.8 Å². The van der Waals surface area contributed by atoms with Gasteiger partial charge in [0.2, 0.25) is 5.95 Å². The molecule has 0 saturated carbocycles. The Labute approximate surface area is 261 Å². The lowest BCUT2D eigenvalue weighted by Crippen LogP contribution is -2.48. The number of hydrogen-bond donors (Lipinski definition) is 1. The Balaban J connectivity index is 1.92. The van der Waals surface area contributed by atoms with Crippen molar-refractivity contribution in [1.82, 2.24) is 15.0 Å². The zero-order chi connectivity index (χ0) is 34.0. The van der Waals surface area contributed by atoms with Crippen molar-refractivity contribution < 1.29 is 45.8 Å². The van der Waals surface area contributed by atoms with Gasteiger partial charge in [0, 0.05) is 42.7 Å². The molecule has 15 heteroatoms. The van der Waals surface area contributed by atoms with Crippen LogP contribution >= 0.6 is 0 Å². The Hall–Kier alpha value is -4.43. The molecule has 1 amide bonds. The fourth-order valence-electron chi connectivity index (χ4n) is 5.67. The summed E-state index contributed by atoms with van der Waals surface area (Å²) in [5.74, 6) is -1.04. The maximum Gasteiger partial charge on any atom is 0.416 e. The number of carboxylic acids is 1. The van der Waals surface area contributed by atoms with Crippen LogP contribution in [0.3, 0.4) is 0 Å². The van der Waals surface area contributed by atoms with Gasteiger partial charge in [-0.3, -0.25) is 14.7 Å². The quantitative estimate of drug-likeness (QED) is 0.238. The number of rotatable bonds is 9. The van der Waals surface area contributed by atoms with Gasteiger partial charge in [0.1, 0.15) is 0 Å². The Bertz CT molecular complexity index is 1550. The van der Waals surface area contributed by atoms with E-state index in [0.717, 1.165) is 0 Å². The highest BCUT2D eigenvalue weighted by molar-refractivity contribution is 5.91. The van der Waals surface area contributed by atoms with E-state index < -0.39 is 54.2 Å². The van der Waals surface area contributed by atoms with Gasteiger partial charge in [-0.1, -0.05) is 6.92 Å². The highest BCUT2D eigenvalue weighted by atomic mass is 19.4. The topological polar surface area (TPSA) is 109 Å². The molecule has 248 valence electrons. The van der Waals surface area contributed by atoms with Crippen molar-refractivity contribution in [2.75, 3.05) is 16.4 Å². The SMILES string of the molecule is CCOC(=O)N1c2c(cc(C)nc2C)C(N(Cc2cc(C(F)(F)F)cc(C(F)(F)F)c2)c2ncc(CCC(=O)O)cn2)CC1CC. The van der Waals surface area contributed by atoms with E-state index in [1.54, 1.807) is 26.8 Å². The van der Waals surface area contributed by atoms with Crippen molar-refractivity contribution in [3.8, 4) is 0 Å². The second kappa shape index (κ2) is 13.5. The zero-order valence-corrected chi connectivity index (χ0v) is 25.5. The number of carbonyl (C=O) groups is 2. The number of aliphatic carboxylic acids is 1. The standard InChI is InChI=1S/C31H33F6N5O4/c1-5-23-13-25(24-9-17(3)40-18(4)27(24)42(23)29(45)46-6-2)41(28-38-14-19(15-39-28)7-8-26(43)44)16-20-10-21(30(32,33)34)12-22(11-20)31(35,36)37/h9-12,14-15,23,25H,5-8,13,16H2,1-4H3,(H,43,44). The van der Waals surface area contributed by atoms with Crippen LogP contribution in [-0.4, -0.2) is 44.8 Å². The summed E-state index contributed by atoms with van der Waals surface area (Å²) >= 11 is 0. The molecule has 0 bridgehead atoms. The zero-order valence-electron chi connectivity index (χ0n) is 25.5. The molecule has 3 heterocycles. The number of nitrogens with zero attached hydrogens (tertiary/aromatic N) is 5. The average molecular weight is 654 g/mol. The van der Waals surface area contributed by atoms with E-state index in [9.17, 15) is 35.9 Å². The molecule has 1 aromatic carbocycles. The number of anilines is 2. The summed E-state index contributed by atoms with van der Waals surface area (Å²) in [6.45, 7) is 6.59. The number of pyridine rings is 1. The van der Waals surface area contributed by atoms with Gasteiger partial charge in [-0.15, -0.1) is 0 Å². The van der Waals surface area contributed by atoms with E-state index in [1.165, 1.54) is 22.2 Å². The molecule has 0 spiro atoms. The van der Waals surface area contributed by atoms with Crippen molar-refractivity contribution in [2.45, 2.75) is 84.4 Å².